The van der Waals surface area contributed by atoms with E-state index >= 15 is 0 Å². The van der Waals surface area contributed by atoms with Crippen molar-refractivity contribution in [3.8, 4) is 0 Å². The normalized spacial score (nSPS) is 7.52. The molecule has 0 rings (SSSR count). The number of carboxylic acids is 4. The number of carboxylic acid groups (broad SMARTS) is 4. The first kappa shape index (κ1) is 44.0. The molecule has 0 bridgehead atoms. The molecule has 0 aromatic rings. The Bertz CT molecular complexity index is 230. The van der Waals surface area contributed by atoms with Crippen LogP contribution in [0.2, 0.25) is 0 Å². The molecule has 0 aliphatic carbocycles. The molecular weight excluding hydrogens is 362 g/mol. The first-order chi connectivity index (χ1) is 9.20. The Kier molecular flexibility index (Phi) is 73.7. The second kappa shape index (κ2) is 38.6. The predicted molar refractivity (Wildman–Crippen MR) is 90.3 cm³/mol. The zero-order valence-electron chi connectivity index (χ0n) is 12.6. The summed E-state index contributed by atoms with van der Waals surface area (Å²) in [5.74, 6) is -3.33. The Morgan fingerprint density at radius 1 is 0.783 bits per heavy atom. The summed E-state index contributed by atoms with van der Waals surface area (Å²) in [7, 11) is 0. The second-order valence-electron chi connectivity index (χ2n) is 3.07. The fourth-order valence-corrected chi connectivity index (χ4v) is 0. The molecule has 0 heterocycles. The Morgan fingerprint density at radius 3 is 0.826 bits per heavy atom. The molecule has 0 aromatic carbocycles. The van der Waals surface area contributed by atoms with Crippen LogP contribution in [-0.2, 0) is 19.2 Å². The van der Waals surface area contributed by atoms with Gasteiger partial charge in [-0.2, -0.15) is 0 Å². The molecule has 0 saturated heterocycles. The van der Waals surface area contributed by atoms with Crippen molar-refractivity contribution in [2.24, 2.45) is 11.5 Å². The number of hydrogen-bond acceptors (Lipinski definition) is 6. The van der Waals surface area contributed by atoms with Gasteiger partial charge in [0.2, 0.25) is 0 Å². The molecule has 23 heavy (non-hydrogen) atoms. The fourth-order valence-electron chi connectivity index (χ4n) is 0. The van der Waals surface area contributed by atoms with Crippen molar-refractivity contribution in [2.45, 2.75) is 29.8 Å². The van der Waals surface area contributed by atoms with Gasteiger partial charge in [-0.25, -0.2) is 0 Å². The third-order valence-electron chi connectivity index (χ3n) is 0.303. The van der Waals surface area contributed by atoms with Gasteiger partial charge in [0.1, 0.15) is 0 Å². The molecule has 8 N–H and O–H groups in total. The van der Waals surface area contributed by atoms with Gasteiger partial charge in [0.05, 0.1) is 0 Å². The van der Waals surface area contributed by atoms with Crippen molar-refractivity contribution in [3.05, 3.63) is 0 Å². The van der Waals surface area contributed by atoms with E-state index < -0.39 is 23.9 Å². The molecule has 1 atom stereocenters. The summed E-state index contributed by atoms with van der Waals surface area (Å²) in [6, 6.07) is 0. The number of carbonyl (C=O) groups is 4. The molecule has 1 radical (unpaired) electrons. The number of hydrogen-bond donors (Lipinski definition) is 6. The van der Waals surface area contributed by atoms with Crippen molar-refractivity contribution >= 4 is 119 Å². The summed E-state index contributed by atoms with van der Waals surface area (Å²) < 4.78 is 0.287. The van der Waals surface area contributed by atoms with Gasteiger partial charge < -0.3 is 20.4 Å². The van der Waals surface area contributed by atoms with Crippen LogP contribution in [0.1, 0.15) is 27.7 Å². The first-order valence-corrected chi connectivity index (χ1v) is 6.54. The maximum atomic E-state index is 9.00. The topological polar surface area (TPSA) is 201 Å². The standard InChI is InChI=1S/C2H7N2.4C2H4O2.Ca.2Na.2H/c3-1-2-4;4*1-2(3)4;;;;;/h1H,2-4H2;4*1H3,(H,3,4);;;;;. The van der Waals surface area contributed by atoms with Gasteiger partial charge in [0.25, 0.3) is 23.9 Å². The zero-order chi connectivity index (χ0) is 18.6. The third kappa shape index (κ3) is 1090. The van der Waals surface area contributed by atoms with Crippen LogP contribution in [0.25, 0.3) is 0 Å². The molecule has 0 aliphatic heterocycles. The van der Waals surface area contributed by atoms with Crippen LogP contribution in [0.4, 0.5) is 0 Å². The molecule has 0 aliphatic rings. The minimum atomic E-state index is -0.833. The van der Waals surface area contributed by atoms with Crippen LogP contribution in [0.5, 0.6) is 0 Å². The summed E-state index contributed by atoms with van der Waals surface area (Å²) in [6.07, 6.45) is 0. The van der Waals surface area contributed by atoms with E-state index in [0.717, 1.165) is 63.5 Å². The number of nitrogens with two attached hydrogens (primary N) is 2. The van der Waals surface area contributed by atoms with E-state index in [2.05, 4.69) is 0 Å². The molecule has 1 unspecified atom stereocenters. The summed E-state index contributed by atoms with van der Waals surface area (Å²) in [5, 5.41) is 29.7. The summed E-state index contributed by atoms with van der Waals surface area (Å²) in [5.41, 5.74) is 10.3. The Hall–Kier alpha value is 1.06. The van der Waals surface area contributed by atoms with E-state index in [1.165, 1.54) is 0 Å². The Morgan fingerprint density at radius 2 is 0.826 bits per heavy atom. The summed E-state index contributed by atoms with van der Waals surface area (Å²) >= 11 is 1.11. The molecule has 0 aromatic heterocycles. The second-order valence-corrected chi connectivity index (χ2v) is 4.71. The Balaban J connectivity index is -0.0000000273. The van der Waals surface area contributed by atoms with Crippen molar-refractivity contribution < 1.29 is 39.6 Å². The average Bonchev–Trinajstić information content (AvgIpc) is 2.13. The van der Waals surface area contributed by atoms with E-state index in [-0.39, 0.29) is 61.3 Å². The van der Waals surface area contributed by atoms with E-state index in [1.807, 2.05) is 0 Å². The van der Waals surface area contributed by atoms with E-state index in [9.17, 15) is 0 Å². The van der Waals surface area contributed by atoms with Crippen LogP contribution in [0, 0.1) is 0 Å². The van der Waals surface area contributed by atoms with Crippen molar-refractivity contribution in [3.63, 3.8) is 0 Å². The molecule has 0 saturated carbocycles. The van der Waals surface area contributed by atoms with E-state index in [0.29, 0.717) is 6.54 Å². The number of rotatable bonds is 1. The van der Waals surface area contributed by atoms with Crippen LogP contribution in [0.15, 0.2) is 0 Å². The first-order valence-electron chi connectivity index (χ1n) is 5.27. The van der Waals surface area contributed by atoms with Crippen molar-refractivity contribution in [2.75, 3.05) is 6.54 Å². The van der Waals surface area contributed by atoms with Gasteiger partial charge in [0, 0.05) is 27.7 Å². The molecule has 0 fully saturated rings. The summed E-state index contributed by atoms with van der Waals surface area (Å²) in [6.45, 7) is 4.97. The maximum absolute atomic E-state index is 9.00. The minimum absolute atomic E-state index is 0. The van der Waals surface area contributed by atoms with E-state index in [4.69, 9.17) is 51.1 Å². The van der Waals surface area contributed by atoms with Crippen molar-refractivity contribution in [1.82, 2.24) is 0 Å². The van der Waals surface area contributed by atoms with Gasteiger partial charge in [0.15, 0.2) is 0 Å². The van der Waals surface area contributed by atoms with Crippen LogP contribution < -0.4 is 11.5 Å². The van der Waals surface area contributed by atoms with Gasteiger partial charge in [-0.1, -0.05) is 0 Å². The SMILES string of the molecule is CC(=O)O.CC(=O)O.CC(=O)O.CC(=O)O.NC[CH](N)[Ca].[NaH].[NaH]. The van der Waals surface area contributed by atoms with Gasteiger partial charge in [-0.05, 0) is 0 Å². The van der Waals surface area contributed by atoms with Crippen LogP contribution in [0.3, 0.4) is 0 Å². The predicted octanol–water partition coefficient (Wildman–Crippen LogP) is -2.53. The molecule has 0 amide bonds. The van der Waals surface area contributed by atoms with Crippen LogP contribution >= 0.6 is 0 Å². The molecule has 127 valence electrons. The molecule has 10 nitrogen and oxygen atoms in total. The Labute approximate surface area is 203 Å². The molecule has 13 heteroatoms. The monoisotopic (exact) mass is 387 g/mol. The zero-order valence-corrected chi connectivity index (χ0v) is 14.8. The van der Waals surface area contributed by atoms with Gasteiger partial charge in [-0.15, -0.1) is 0 Å². The van der Waals surface area contributed by atoms with E-state index in [1.54, 1.807) is 0 Å². The third-order valence-corrected chi connectivity index (χ3v) is 0.823. The van der Waals surface area contributed by atoms with Crippen LogP contribution in [-0.4, -0.2) is 148 Å². The number of aliphatic carboxylic acids is 4. The van der Waals surface area contributed by atoms with Crippen molar-refractivity contribution in [1.29, 1.82) is 0 Å². The quantitative estimate of drug-likeness (QED) is 0.260. The van der Waals surface area contributed by atoms with Gasteiger partial charge >= 0.3 is 115 Å². The average molecular weight is 387 g/mol. The summed E-state index contributed by atoms with van der Waals surface area (Å²) in [4.78, 5) is 36.0. The van der Waals surface area contributed by atoms with Gasteiger partial charge in [-0.3, -0.25) is 19.2 Å². The molecule has 0 spiro atoms. The fraction of sp³-hybridized carbons (Fsp3) is 0.600. The molecular formula is C10H25CaN2Na2O8.